The van der Waals surface area contributed by atoms with Crippen molar-refractivity contribution in [1.29, 1.82) is 0 Å². The Kier molecular flexibility index (Phi) is 4.55. The average Bonchev–Trinajstić information content (AvgIpc) is 1.85. The molecule has 1 amide bonds. The molecule has 5 nitrogen and oxygen atoms in total. The Balaban J connectivity index is 3.42. The molecule has 5 heteroatoms. The zero-order valence-corrected chi connectivity index (χ0v) is 6.16. The van der Waals surface area contributed by atoms with Crippen LogP contribution in [-0.4, -0.2) is 18.4 Å². The highest BCUT2D eigenvalue weighted by atomic mass is 16.1. The lowest BCUT2D eigenvalue weighted by atomic mass is 10.4. The molecule has 0 unspecified atom stereocenters. The summed E-state index contributed by atoms with van der Waals surface area (Å²) in [7, 11) is 0. The maximum Gasteiger partial charge on any atom is 0.241 e. The molecule has 0 aliphatic rings. The van der Waals surface area contributed by atoms with Crippen LogP contribution in [0.2, 0.25) is 0 Å². The molecular weight excluding hydrogens is 144 g/mol. The molecule has 11 heavy (non-hydrogen) atoms. The number of nitrogens with zero attached hydrogens (tertiary/aromatic N) is 1. The largest absolute Gasteiger partial charge is 0.370 e. The fraction of sp³-hybridized carbons (Fsp3) is 0.333. The average molecular weight is 156 g/mol. The van der Waals surface area contributed by atoms with E-state index in [0.29, 0.717) is 13.0 Å². The van der Waals surface area contributed by atoms with Crippen LogP contribution in [0.1, 0.15) is 6.42 Å². The van der Waals surface area contributed by atoms with E-state index in [0.717, 1.165) is 0 Å². The van der Waals surface area contributed by atoms with Crippen molar-refractivity contribution in [3.63, 3.8) is 0 Å². The van der Waals surface area contributed by atoms with E-state index >= 15 is 0 Å². The summed E-state index contributed by atoms with van der Waals surface area (Å²) in [6.07, 6.45) is 3.51. The number of rotatable bonds is 4. The monoisotopic (exact) mass is 156 g/mol. The molecule has 0 bridgehead atoms. The minimum Gasteiger partial charge on any atom is -0.370 e. The zero-order chi connectivity index (χ0) is 8.69. The lowest BCUT2D eigenvalue weighted by Crippen LogP contribution is -2.22. The van der Waals surface area contributed by atoms with Crippen LogP contribution in [0.5, 0.6) is 0 Å². The van der Waals surface area contributed by atoms with E-state index in [1.165, 1.54) is 6.08 Å². The predicted molar refractivity (Wildman–Crippen MR) is 43.6 cm³/mol. The maximum absolute atomic E-state index is 10.1. The number of amides is 1. The Labute approximate surface area is 65.0 Å². The van der Waals surface area contributed by atoms with E-state index in [2.05, 4.69) is 4.99 Å². The first-order chi connectivity index (χ1) is 5.13. The first-order valence-electron chi connectivity index (χ1n) is 3.14. The van der Waals surface area contributed by atoms with Gasteiger partial charge in [-0.05, 0) is 12.5 Å². The molecule has 0 fully saturated rings. The van der Waals surface area contributed by atoms with Gasteiger partial charge in [0.05, 0.1) is 0 Å². The quantitative estimate of drug-likeness (QED) is 0.203. The van der Waals surface area contributed by atoms with Gasteiger partial charge in [0.25, 0.3) is 0 Å². The second kappa shape index (κ2) is 5.28. The highest BCUT2D eigenvalue weighted by Crippen LogP contribution is 1.82. The summed E-state index contributed by atoms with van der Waals surface area (Å²) in [6, 6.07) is 0. The van der Waals surface area contributed by atoms with Crippen LogP contribution in [0.25, 0.3) is 0 Å². The van der Waals surface area contributed by atoms with E-state index < -0.39 is 5.91 Å². The topological polar surface area (TPSA) is 107 Å². The normalized spacial score (nSPS) is 9.82. The number of hydrogen-bond donors (Lipinski definition) is 3. The smallest absolute Gasteiger partial charge is 0.241 e. The Bertz CT molecular complexity index is 181. The summed E-state index contributed by atoms with van der Waals surface area (Å²) in [5.74, 6) is -0.410. The fourth-order valence-corrected chi connectivity index (χ4v) is 0.468. The number of carbonyl (C=O) groups is 1. The van der Waals surface area contributed by atoms with Gasteiger partial charge in [-0.1, -0.05) is 6.08 Å². The molecular formula is C6H12N4O. The number of guanidine groups is 1. The van der Waals surface area contributed by atoms with E-state index in [4.69, 9.17) is 17.2 Å². The minimum absolute atomic E-state index is 0.0532. The second-order valence-electron chi connectivity index (χ2n) is 1.90. The predicted octanol–water partition coefficient (Wildman–Crippen LogP) is -1.31. The van der Waals surface area contributed by atoms with Crippen LogP contribution < -0.4 is 17.2 Å². The van der Waals surface area contributed by atoms with Crippen LogP contribution in [0, 0.1) is 0 Å². The van der Waals surface area contributed by atoms with Crippen molar-refractivity contribution < 1.29 is 4.79 Å². The molecule has 0 rings (SSSR count). The van der Waals surface area contributed by atoms with E-state index in [-0.39, 0.29) is 5.96 Å². The third kappa shape index (κ3) is 8.48. The van der Waals surface area contributed by atoms with E-state index in [9.17, 15) is 4.79 Å². The maximum atomic E-state index is 10.1. The van der Waals surface area contributed by atoms with Gasteiger partial charge in [-0.25, -0.2) is 0 Å². The molecule has 0 saturated carbocycles. The Morgan fingerprint density at radius 3 is 2.45 bits per heavy atom. The molecule has 0 atom stereocenters. The van der Waals surface area contributed by atoms with Gasteiger partial charge in [0.1, 0.15) is 0 Å². The van der Waals surface area contributed by atoms with Gasteiger partial charge in [-0.3, -0.25) is 9.79 Å². The van der Waals surface area contributed by atoms with Crippen molar-refractivity contribution in [3.05, 3.63) is 12.2 Å². The Hall–Kier alpha value is -1.52. The first kappa shape index (κ1) is 9.48. The van der Waals surface area contributed by atoms with E-state index in [1.54, 1.807) is 6.08 Å². The van der Waals surface area contributed by atoms with Crippen molar-refractivity contribution >= 4 is 11.9 Å². The molecule has 0 spiro atoms. The molecule has 6 N–H and O–H groups in total. The molecule has 0 saturated heterocycles. The van der Waals surface area contributed by atoms with Crippen molar-refractivity contribution in [2.75, 3.05) is 6.54 Å². The summed E-state index contributed by atoms with van der Waals surface area (Å²) in [5.41, 5.74) is 14.9. The van der Waals surface area contributed by atoms with Gasteiger partial charge in [0.2, 0.25) is 5.91 Å². The van der Waals surface area contributed by atoms with Gasteiger partial charge in [-0.15, -0.1) is 0 Å². The zero-order valence-electron chi connectivity index (χ0n) is 6.16. The highest BCUT2D eigenvalue weighted by Gasteiger charge is 1.82. The number of primary amides is 1. The standard InChI is InChI=1S/C6H12N4O/c7-5(11)3-1-2-4-10-6(8)9/h1,3H,2,4H2,(H2,7,11)(H4,8,9,10)/b3-1+. The van der Waals surface area contributed by atoms with Gasteiger partial charge in [0.15, 0.2) is 5.96 Å². The van der Waals surface area contributed by atoms with Gasteiger partial charge in [-0.2, -0.15) is 0 Å². The summed E-state index contributed by atoms with van der Waals surface area (Å²) in [6.45, 7) is 0.478. The van der Waals surface area contributed by atoms with Gasteiger partial charge in [0, 0.05) is 6.54 Å². The number of carbonyl (C=O) groups excluding carboxylic acids is 1. The number of nitrogens with two attached hydrogens (primary N) is 3. The lowest BCUT2D eigenvalue weighted by Gasteiger charge is -1.88. The first-order valence-corrected chi connectivity index (χ1v) is 3.14. The molecule has 0 radical (unpaired) electrons. The van der Waals surface area contributed by atoms with Crippen LogP contribution in [0.4, 0.5) is 0 Å². The summed E-state index contributed by atoms with van der Waals surface area (Å²) < 4.78 is 0. The van der Waals surface area contributed by atoms with Crippen LogP contribution in [0.3, 0.4) is 0 Å². The third-order valence-electron chi connectivity index (χ3n) is 0.872. The van der Waals surface area contributed by atoms with Crippen molar-refractivity contribution in [2.45, 2.75) is 6.42 Å². The molecule has 0 aliphatic heterocycles. The van der Waals surface area contributed by atoms with Crippen LogP contribution in [0.15, 0.2) is 17.1 Å². The molecule has 0 aliphatic carbocycles. The molecule has 0 aromatic heterocycles. The van der Waals surface area contributed by atoms with Crippen LogP contribution in [-0.2, 0) is 4.79 Å². The van der Waals surface area contributed by atoms with Crippen molar-refractivity contribution in [3.8, 4) is 0 Å². The summed E-state index contributed by atoms with van der Waals surface area (Å²) in [4.78, 5) is 13.8. The van der Waals surface area contributed by atoms with Crippen LogP contribution >= 0.6 is 0 Å². The third-order valence-corrected chi connectivity index (χ3v) is 0.872. The molecule has 0 aromatic carbocycles. The highest BCUT2D eigenvalue weighted by molar-refractivity contribution is 5.85. The summed E-state index contributed by atoms with van der Waals surface area (Å²) in [5, 5.41) is 0. The Morgan fingerprint density at radius 2 is 2.00 bits per heavy atom. The molecule has 62 valence electrons. The molecule has 0 heterocycles. The molecule has 0 aromatic rings. The van der Waals surface area contributed by atoms with Gasteiger partial charge >= 0.3 is 0 Å². The Morgan fingerprint density at radius 1 is 1.36 bits per heavy atom. The fourth-order valence-electron chi connectivity index (χ4n) is 0.468. The number of aliphatic imine (C=N–C) groups is 1. The van der Waals surface area contributed by atoms with Gasteiger partial charge < -0.3 is 17.2 Å². The van der Waals surface area contributed by atoms with Crippen molar-refractivity contribution in [2.24, 2.45) is 22.2 Å². The SMILES string of the molecule is NC(=O)/C=C/CCN=C(N)N. The minimum atomic E-state index is -0.463. The van der Waals surface area contributed by atoms with E-state index in [1.807, 2.05) is 0 Å². The summed E-state index contributed by atoms with van der Waals surface area (Å²) >= 11 is 0. The second-order valence-corrected chi connectivity index (χ2v) is 1.90. The number of hydrogen-bond acceptors (Lipinski definition) is 2. The van der Waals surface area contributed by atoms with Crippen molar-refractivity contribution in [1.82, 2.24) is 0 Å². The lowest BCUT2D eigenvalue weighted by molar-refractivity contribution is -0.113.